The fourth-order valence-corrected chi connectivity index (χ4v) is 3.09. The number of nitrogens with one attached hydrogen (secondary N) is 3. The molecule has 0 saturated heterocycles. The lowest BCUT2D eigenvalue weighted by Gasteiger charge is -2.07. The largest absolute Gasteiger partial charge is 0.355 e. The van der Waals surface area contributed by atoms with E-state index in [2.05, 4.69) is 15.6 Å². The zero-order valence-electron chi connectivity index (χ0n) is 15.1. The number of aryl methyl sites for hydroxylation is 1. The summed E-state index contributed by atoms with van der Waals surface area (Å²) in [7, 11) is 0. The van der Waals surface area contributed by atoms with Crippen LogP contribution in [-0.4, -0.2) is 29.9 Å². The summed E-state index contributed by atoms with van der Waals surface area (Å²) in [6.07, 6.45) is 0.771. The molecular weight excluding hydrogens is 345 g/mol. The monoisotopic (exact) mass is 367 g/mol. The Morgan fingerprint density at radius 3 is 2.48 bits per heavy atom. The van der Waals surface area contributed by atoms with Crippen LogP contribution in [0.4, 0.5) is 4.39 Å². The molecule has 27 heavy (non-hydrogen) atoms. The second kappa shape index (κ2) is 8.49. The maximum absolute atomic E-state index is 13.3. The molecule has 0 aliphatic carbocycles. The van der Waals surface area contributed by atoms with Crippen LogP contribution in [0.2, 0.25) is 0 Å². The van der Waals surface area contributed by atoms with Crippen molar-refractivity contribution in [2.24, 2.45) is 0 Å². The fourth-order valence-electron chi connectivity index (χ4n) is 3.09. The minimum absolute atomic E-state index is 0.0224. The van der Waals surface area contributed by atoms with Gasteiger partial charge in [0.1, 0.15) is 5.82 Å². The number of hydrogen-bond acceptors (Lipinski definition) is 2. The molecule has 1 aromatic heterocycles. The number of carbonyl (C=O) groups excluding carboxylic acids is 2. The Balaban J connectivity index is 1.78. The molecule has 0 aliphatic rings. The van der Waals surface area contributed by atoms with Crippen molar-refractivity contribution >= 4 is 22.7 Å². The van der Waals surface area contributed by atoms with Gasteiger partial charge in [0.05, 0.1) is 6.54 Å². The van der Waals surface area contributed by atoms with E-state index in [1.807, 2.05) is 31.2 Å². The lowest BCUT2D eigenvalue weighted by atomic mass is 10.0. The molecule has 2 amide bonds. The van der Waals surface area contributed by atoms with Crippen molar-refractivity contribution in [1.29, 1.82) is 0 Å². The van der Waals surface area contributed by atoms with Gasteiger partial charge in [-0.05, 0) is 54.8 Å². The minimum atomic E-state index is -0.291. The van der Waals surface area contributed by atoms with Gasteiger partial charge in [-0.25, -0.2) is 4.39 Å². The van der Waals surface area contributed by atoms with Crippen LogP contribution in [0, 0.1) is 5.82 Å². The fraction of sp³-hybridized carbons (Fsp3) is 0.238. The van der Waals surface area contributed by atoms with Crippen LogP contribution in [-0.2, 0) is 16.0 Å². The summed E-state index contributed by atoms with van der Waals surface area (Å²) in [5.74, 6) is -0.678. The molecule has 0 bridgehead atoms. The average Bonchev–Trinajstić information content (AvgIpc) is 3.04. The molecule has 0 radical (unpaired) electrons. The molecule has 0 fully saturated rings. The zero-order valence-corrected chi connectivity index (χ0v) is 15.1. The summed E-state index contributed by atoms with van der Waals surface area (Å²) in [4.78, 5) is 27.0. The number of carbonyl (C=O) groups is 2. The van der Waals surface area contributed by atoms with Crippen molar-refractivity contribution in [2.45, 2.75) is 19.8 Å². The number of halogens is 1. The second-order valence-electron chi connectivity index (χ2n) is 6.26. The highest BCUT2D eigenvalue weighted by Gasteiger charge is 2.15. The Bertz CT molecular complexity index is 948. The SMILES string of the molecule is CCNC(=O)CNC(=O)CCc1c(-c2ccc(F)cc2)[nH]c2ccccc12. The van der Waals surface area contributed by atoms with Crippen molar-refractivity contribution in [2.75, 3.05) is 13.1 Å². The van der Waals surface area contributed by atoms with Crippen LogP contribution < -0.4 is 10.6 Å². The number of H-pyrrole nitrogens is 1. The number of para-hydroxylation sites is 1. The molecular formula is C21H22FN3O2. The minimum Gasteiger partial charge on any atom is -0.355 e. The third-order valence-corrected chi connectivity index (χ3v) is 4.37. The van der Waals surface area contributed by atoms with Crippen LogP contribution in [0.1, 0.15) is 18.9 Å². The van der Waals surface area contributed by atoms with Crippen LogP contribution in [0.25, 0.3) is 22.2 Å². The molecule has 140 valence electrons. The Morgan fingerprint density at radius 2 is 1.74 bits per heavy atom. The third kappa shape index (κ3) is 4.53. The summed E-state index contributed by atoms with van der Waals surface area (Å²) < 4.78 is 13.3. The number of aromatic nitrogens is 1. The van der Waals surface area contributed by atoms with Crippen LogP contribution in [0.5, 0.6) is 0 Å². The first-order chi connectivity index (χ1) is 13.1. The molecule has 3 N–H and O–H groups in total. The summed E-state index contributed by atoms with van der Waals surface area (Å²) >= 11 is 0. The first-order valence-electron chi connectivity index (χ1n) is 8.97. The smallest absolute Gasteiger partial charge is 0.239 e. The quantitative estimate of drug-likeness (QED) is 0.600. The van der Waals surface area contributed by atoms with E-state index in [4.69, 9.17) is 0 Å². The predicted molar refractivity (Wildman–Crippen MR) is 104 cm³/mol. The van der Waals surface area contributed by atoms with Crippen molar-refractivity contribution in [1.82, 2.24) is 15.6 Å². The van der Waals surface area contributed by atoms with Gasteiger partial charge in [0.2, 0.25) is 11.8 Å². The predicted octanol–water partition coefficient (Wildman–Crippen LogP) is 3.16. The molecule has 3 aromatic rings. The first-order valence-corrected chi connectivity index (χ1v) is 8.97. The van der Waals surface area contributed by atoms with Gasteiger partial charge in [-0.2, -0.15) is 0 Å². The maximum Gasteiger partial charge on any atom is 0.239 e. The Labute approximate surface area is 157 Å². The van der Waals surface area contributed by atoms with Gasteiger partial charge in [0.25, 0.3) is 0 Å². The van der Waals surface area contributed by atoms with Crippen molar-refractivity contribution < 1.29 is 14.0 Å². The van der Waals surface area contributed by atoms with E-state index >= 15 is 0 Å². The number of amides is 2. The van der Waals surface area contributed by atoms with Gasteiger partial charge in [-0.15, -0.1) is 0 Å². The average molecular weight is 367 g/mol. The summed E-state index contributed by atoms with van der Waals surface area (Å²) in [5, 5.41) is 6.31. The Morgan fingerprint density at radius 1 is 1.00 bits per heavy atom. The van der Waals surface area contributed by atoms with E-state index < -0.39 is 0 Å². The van der Waals surface area contributed by atoms with Crippen molar-refractivity contribution in [3.05, 3.63) is 59.9 Å². The van der Waals surface area contributed by atoms with Crippen LogP contribution >= 0.6 is 0 Å². The molecule has 0 saturated carbocycles. The summed E-state index contributed by atoms with van der Waals surface area (Å²) in [6.45, 7) is 2.34. The molecule has 5 nitrogen and oxygen atoms in total. The number of hydrogen-bond donors (Lipinski definition) is 3. The highest BCUT2D eigenvalue weighted by Crippen LogP contribution is 2.31. The van der Waals surface area contributed by atoms with Crippen LogP contribution in [0.15, 0.2) is 48.5 Å². The number of fused-ring (bicyclic) bond motifs is 1. The molecule has 6 heteroatoms. The molecule has 3 rings (SSSR count). The normalized spacial score (nSPS) is 10.7. The molecule has 1 heterocycles. The summed E-state index contributed by atoms with van der Waals surface area (Å²) in [6, 6.07) is 14.1. The third-order valence-electron chi connectivity index (χ3n) is 4.37. The highest BCUT2D eigenvalue weighted by atomic mass is 19.1. The van der Waals surface area contributed by atoms with E-state index in [-0.39, 0.29) is 30.6 Å². The first kappa shape index (κ1) is 18.6. The van der Waals surface area contributed by atoms with E-state index in [1.54, 1.807) is 12.1 Å². The van der Waals surface area contributed by atoms with Crippen molar-refractivity contribution in [3.8, 4) is 11.3 Å². The van der Waals surface area contributed by atoms with Gasteiger partial charge in [0.15, 0.2) is 0 Å². The van der Waals surface area contributed by atoms with Crippen LogP contribution in [0.3, 0.4) is 0 Å². The van der Waals surface area contributed by atoms with Gasteiger partial charge in [-0.1, -0.05) is 18.2 Å². The lowest BCUT2D eigenvalue weighted by molar-refractivity contribution is -0.126. The van der Waals surface area contributed by atoms with Gasteiger partial charge in [0, 0.05) is 29.6 Å². The van der Waals surface area contributed by atoms with Gasteiger partial charge in [-0.3, -0.25) is 9.59 Å². The molecule has 0 unspecified atom stereocenters. The van der Waals surface area contributed by atoms with E-state index in [0.717, 1.165) is 27.7 Å². The Kier molecular flexibility index (Phi) is 5.86. The Hall–Kier alpha value is -3.15. The lowest BCUT2D eigenvalue weighted by Crippen LogP contribution is -2.36. The molecule has 0 aliphatic heterocycles. The maximum atomic E-state index is 13.3. The molecule has 0 atom stereocenters. The zero-order chi connectivity index (χ0) is 19.2. The number of rotatable bonds is 7. The molecule has 0 spiro atoms. The van der Waals surface area contributed by atoms with Gasteiger partial charge >= 0.3 is 0 Å². The number of likely N-dealkylation sites (N-methyl/N-ethyl adjacent to an activating group) is 1. The molecule has 2 aromatic carbocycles. The topological polar surface area (TPSA) is 74.0 Å². The second-order valence-corrected chi connectivity index (χ2v) is 6.26. The van der Waals surface area contributed by atoms with E-state index in [9.17, 15) is 14.0 Å². The standard InChI is InChI=1S/C21H22FN3O2/c1-2-23-20(27)13-24-19(26)12-11-17-16-5-3-4-6-18(16)25-21(17)14-7-9-15(22)10-8-14/h3-10,25H,2,11-13H2,1H3,(H,23,27)(H,24,26). The number of aromatic amines is 1. The van der Waals surface area contributed by atoms with E-state index in [1.165, 1.54) is 12.1 Å². The van der Waals surface area contributed by atoms with E-state index in [0.29, 0.717) is 13.0 Å². The summed E-state index contributed by atoms with van der Waals surface area (Å²) in [5.41, 5.74) is 3.72. The van der Waals surface area contributed by atoms with Crippen molar-refractivity contribution in [3.63, 3.8) is 0 Å². The highest BCUT2D eigenvalue weighted by molar-refractivity contribution is 5.91. The number of benzene rings is 2. The van der Waals surface area contributed by atoms with Gasteiger partial charge < -0.3 is 15.6 Å².